The molecule has 2 N–H and O–H groups in total. The molecule has 0 amide bonds. The minimum atomic E-state index is 0.259. The Balaban J connectivity index is 4.07. The third-order valence-electron chi connectivity index (χ3n) is 3.87. The van der Waals surface area contributed by atoms with E-state index in [-0.39, 0.29) is 5.41 Å². The van der Waals surface area contributed by atoms with Crippen LogP contribution < -0.4 is 5.73 Å². The Morgan fingerprint density at radius 1 is 1.17 bits per heavy atom. The first-order valence-corrected chi connectivity index (χ1v) is 7.53. The van der Waals surface area contributed by atoms with E-state index in [1.807, 2.05) is 0 Å². The third-order valence-corrected chi connectivity index (χ3v) is 3.87. The molecule has 0 saturated heterocycles. The first-order chi connectivity index (χ1) is 8.31. The number of carbonyl (C=O) groups excluding carboxylic acids is 1. The minimum absolute atomic E-state index is 0.259. The zero-order valence-corrected chi connectivity index (χ0v) is 13.1. The molecule has 0 fully saturated rings. The molecule has 0 radical (unpaired) electrons. The fraction of sp³-hybridized carbons (Fsp3) is 0.938. The van der Waals surface area contributed by atoms with Crippen molar-refractivity contribution in [3.05, 3.63) is 0 Å². The zero-order valence-electron chi connectivity index (χ0n) is 13.1. The summed E-state index contributed by atoms with van der Waals surface area (Å²) >= 11 is 0. The van der Waals surface area contributed by atoms with Gasteiger partial charge >= 0.3 is 0 Å². The molecule has 2 atom stereocenters. The lowest BCUT2D eigenvalue weighted by Crippen LogP contribution is -2.24. The Bertz CT molecular complexity index is 230. The van der Waals surface area contributed by atoms with Gasteiger partial charge < -0.3 is 5.73 Å². The first-order valence-electron chi connectivity index (χ1n) is 7.53. The molecule has 0 aliphatic heterocycles. The summed E-state index contributed by atoms with van der Waals surface area (Å²) in [6.07, 6.45) is 5.85. The Kier molecular flexibility index (Phi) is 8.51. The summed E-state index contributed by atoms with van der Waals surface area (Å²) in [6, 6.07) is 0. The molecule has 0 aromatic heterocycles. The van der Waals surface area contributed by atoms with Crippen LogP contribution in [0, 0.1) is 17.3 Å². The maximum Gasteiger partial charge on any atom is 0.133 e. The van der Waals surface area contributed by atoms with Gasteiger partial charge in [0.15, 0.2) is 0 Å². The number of hydrogen-bond acceptors (Lipinski definition) is 2. The second-order valence-electron chi connectivity index (χ2n) is 6.82. The van der Waals surface area contributed by atoms with E-state index in [1.165, 1.54) is 6.42 Å². The van der Waals surface area contributed by atoms with Crippen molar-refractivity contribution in [3.63, 3.8) is 0 Å². The van der Waals surface area contributed by atoms with E-state index in [0.717, 1.165) is 38.6 Å². The average molecular weight is 255 g/mol. The van der Waals surface area contributed by atoms with Crippen LogP contribution >= 0.6 is 0 Å². The summed E-state index contributed by atoms with van der Waals surface area (Å²) in [5, 5.41) is 0. The highest BCUT2D eigenvalue weighted by molar-refractivity contribution is 5.78. The summed E-state index contributed by atoms with van der Waals surface area (Å²) in [5.74, 6) is 1.54. The number of carbonyl (C=O) groups is 1. The van der Waals surface area contributed by atoms with Crippen molar-refractivity contribution in [1.82, 2.24) is 0 Å². The molecule has 0 aromatic rings. The summed E-state index contributed by atoms with van der Waals surface area (Å²) < 4.78 is 0. The van der Waals surface area contributed by atoms with E-state index in [4.69, 9.17) is 5.73 Å². The summed E-state index contributed by atoms with van der Waals surface area (Å²) in [7, 11) is 0. The highest BCUT2D eigenvalue weighted by Crippen LogP contribution is 2.32. The highest BCUT2D eigenvalue weighted by atomic mass is 16.1. The molecule has 0 heterocycles. The molecule has 2 nitrogen and oxygen atoms in total. The predicted molar refractivity (Wildman–Crippen MR) is 79.5 cm³/mol. The van der Waals surface area contributed by atoms with Gasteiger partial charge in [-0.05, 0) is 36.6 Å². The first kappa shape index (κ1) is 17.6. The van der Waals surface area contributed by atoms with Gasteiger partial charge in [-0.2, -0.15) is 0 Å². The van der Waals surface area contributed by atoms with E-state index in [2.05, 4.69) is 34.6 Å². The van der Waals surface area contributed by atoms with Crippen LogP contribution in [0.1, 0.15) is 73.1 Å². The fourth-order valence-electron chi connectivity index (χ4n) is 2.63. The van der Waals surface area contributed by atoms with E-state index in [0.29, 0.717) is 17.6 Å². The van der Waals surface area contributed by atoms with Crippen LogP contribution in [0.5, 0.6) is 0 Å². The number of hydrogen-bond donors (Lipinski definition) is 1. The molecular weight excluding hydrogens is 222 g/mol. The van der Waals surface area contributed by atoms with Gasteiger partial charge in [-0.3, -0.25) is 4.79 Å². The van der Waals surface area contributed by atoms with Crippen molar-refractivity contribution >= 4 is 5.78 Å². The summed E-state index contributed by atoms with van der Waals surface area (Å²) in [6.45, 7) is 11.8. The molecule has 0 aromatic carbocycles. The smallest absolute Gasteiger partial charge is 0.133 e. The van der Waals surface area contributed by atoms with Crippen LogP contribution in [0.3, 0.4) is 0 Å². The summed E-state index contributed by atoms with van der Waals surface area (Å²) in [4.78, 5) is 11.9. The van der Waals surface area contributed by atoms with Crippen LogP contribution in [0.25, 0.3) is 0 Å². The van der Waals surface area contributed by atoms with Gasteiger partial charge in [-0.15, -0.1) is 0 Å². The molecule has 0 aliphatic carbocycles. The largest absolute Gasteiger partial charge is 0.330 e. The van der Waals surface area contributed by atoms with E-state index in [9.17, 15) is 4.79 Å². The average Bonchev–Trinajstić information content (AvgIpc) is 2.22. The Morgan fingerprint density at radius 3 is 2.22 bits per heavy atom. The molecule has 0 bridgehead atoms. The number of rotatable bonds is 9. The lowest BCUT2D eigenvalue weighted by molar-refractivity contribution is -0.120. The Hall–Kier alpha value is -0.370. The number of ketones is 1. The quantitative estimate of drug-likeness (QED) is 0.672. The van der Waals surface area contributed by atoms with Crippen LogP contribution in [0.4, 0.5) is 0 Å². The van der Waals surface area contributed by atoms with E-state index < -0.39 is 0 Å². The van der Waals surface area contributed by atoms with Crippen molar-refractivity contribution in [2.75, 3.05) is 6.54 Å². The van der Waals surface area contributed by atoms with Crippen LogP contribution in [-0.2, 0) is 4.79 Å². The maximum absolute atomic E-state index is 11.9. The second kappa shape index (κ2) is 8.68. The molecule has 108 valence electrons. The normalized spacial score (nSPS) is 15.4. The number of Topliss-reactive ketones (excluding diaryl/α,β-unsaturated/α-hetero) is 1. The highest BCUT2D eigenvalue weighted by Gasteiger charge is 2.24. The lowest BCUT2D eigenvalue weighted by atomic mass is 9.75. The minimum Gasteiger partial charge on any atom is -0.330 e. The van der Waals surface area contributed by atoms with Gasteiger partial charge in [-0.1, -0.05) is 47.5 Å². The van der Waals surface area contributed by atoms with Gasteiger partial charge in [0, 0.05) is 12.8 Å². The molecule has 18 heavy (non-hydrogen) atoms. The van der Waals surface area contributed by atoms with E-state index in [1.54, 1.807) is 0 Å². The fourth-order valence-corrected chi connectivity index (χ4v) is 2.63. The summed E-state index contributed by atoms with van der Waals surface area (Å²) in [5.41, 5.74) is 5.93. The molecule has 2 heteroatoms. The standard InChI is InChI=1S/C16H33NO/c1-6-7-13(2)12-15(18)9-8-14(10-11-17)16(3,4)5/h13-14H,6-12,17H2,1-5H3. The van der Waals surface area contributed by atoms with Gasteiger partial charge in [-0.25, -0.2) is 0 Å². The zero-order chi connectivity index (χ0) is 14.2. The third kappa shape index (κ3) is 7.86. The van der Waals surface area contributed by atoms with Gasteiger partial charge in [0.05, 0.1) is 0 Å². The van der Waals surface area contributed by atoms with Crippen LogP contribution in [0.15, 0.2) is 0 Å². The Morgan fingerprint density at radius 2 is 1.78 bits per heavy atom. The second-order valence-corrected chi connectivity index (χ2v) is 6.82. The SMILES string of the molecule is CCCC(C)CC(=O)CCC(CCN)C(C)(C)C. The van der Waals surface area contributed by atoms with Crippen molar-refractivity contribution in [1.29, 1.82) is 0 Å². The lowest BCUT2D eigenvalue weighted by Gasteiger charge is -2.30. The molecule has 0 rings (SSSR count). The predicted octanol–water partition coefficient (Wildman–Crippen LogP) is 4.17. The van der Waals surface area contributed by atoms with Crippen molar-refractivity contribution < 1.29 is 4.79 Å². The molecule has 0 aliphatic rings. The molecular formula is C16H33NO. The van der Waals surface area contributed by atoms with Gasteiger partial charge in [0.25, 0.3) is 0 Å². The molecule has 0 spiro atoms. The monoisotopic (exact) mass is 255 g/mol. The van der Waals surface area contributed by atoms with Crippen LogP contribution in [-0.4, -0.2) is 12.3 Å². The van der Waals surface area contributed by atoms with Gasteiger partial charge in [0.1, 0.15) is 5.78 Å². The van der Waals surface area contributed by atoms with Gasteiger partial charge in [0.2, 0.25) is 0 Å². The van der Waals surface area contributed by atoms with Crippen molar-refractivity contribution in [3.8, 4) is 0 Å². The number of nitrogens with two attached hydrogens (primary N) is 1. The molecule has 2 unspecified atom stereocenters. The molecule has 0 saturated carbocycles. The van der Waals surface area contributed by atoms with Crippen LogP contribution in [0.2, 0.25) is 0 Å². The Labute approximate surface area is 114 Å². The topological polar surface area (TPSA) is 43.1 Å². The maximum atomic E-state index is 11.9. The van der Waals surface area contributed by atoms with Crippen molar-refractivity contribution in [2.45, 2.75) is 73.1 Å². The van der Waals surface area contributed by atoms with Crippen molar-refractivity contribution in [2.24, 2.45) is 23.0 Å². The van der Waals surface area contributed by atoms with E-state index >= 15 is 0 Å².